The van der Waals surface area contributed by atoms with E-state index in [-0.39, 0.29) is 49.3 Å². The van der Waals surface area contributed by atoms with Crippen LogP contribution in [-0.4, -0.2) is 74.7 Å². The van der Waals surface area contributed by atoms with Crippen molar-refractivity contribution in [2.75, 3.05) is 26.1 Å². The predicted molar refractivity (Wildman–Crippen MR) is 123 cm³/mol. The van der Waals surface area contributed by atoms with E-state index < -0.39 is 34.6 Å². The molecule has 1 saturated carbocycles. The summed E-state index contributed by atoms with van der Waals surface area (Å²) in [4.78, 5) is 19.0. The number of hydrogen-bond acceptors (Lipinski definition) is 7. The minimum atomic E-state index is -3.48. The van der Waals surface area contributed by atoms with Gasteiger partial charge in [0.05, 0.1) is 38.2 Å². The smallest absolute Gasteiger partial charge is 0.410 e. The third-order valence-corrected chi connectivity index (χ3v) is 7.65. The third-order valence-electron chi connectivity index (χ3n) is 6.92. The molecule has 0 spiro atoms. The number of hydrogen-bond donors (Lipinski definition) is 1. The molecule has 1 saturated heterocycles. The molecule has 12 heteroatoms. The van der Waals surface area contributed by atoms with E-state index in [2.05, 4.69) is 9.71 Å². The molecule has 4 heterocycles. The van der Waals surface area contributed by atoms with Gasteiger partial charge >= 0.3 is 6.09 Å². The maximum absolute atomic E-state index is 13.5. The summed E-state index contributed by atoms with van der Waals surface area (Å²) in [6.07, 6.45) is 1.51. The summed E-state index contributed by atoms with van der Waals surface area (Å²) in [5.74, 6) is 0.175. The lowest BCUT2D eigenvalue weighted by Gasteiger charge is -2.33. The number of alkyl halides is 2. The highest BCUT2D eigenvalue weighted by Gasteiger charge is 2.44. The van der Waals surface area contributed by atoms with Gasteiger partial charge in [-0.15, -0.1) is 0 Å². The van der Waals surface area contributed by atoms with Crippen molar-refractivity contribution < 1.29 is 36.2 Å². The van der Waals surface area contributed by atoms with Crippen molar-refractivity contribution in [3.05, 3.63) is 23.4 Å². The lowest BCUT2D eigenvalue weighted by molar-refractivity contribution is -0.0107. The first-order valence-electron chi connectivity index (χ1n) is 12.1. The quantitative estimate of drug-likeness (QED) is 0.655. The Labute approximate surface area is 204 Å². The minimum Gasteiger partial charge on any atom is -0.478 e. The van der Waals surface area contributed by atoms with Crippen LogP contribution < -0.4 is 9.46 Å². The van der Waals surface area contributed by atoms with E-state index >= 15 is 0 Å². The number of fused-ring (bicyclic) bond motifs is 8. The van der Waals surface area contributed by atoms with E-state index in [0.717, 1.165) is 19.1 Å². The summed E-state index contributed by atoms with van der Waals surface area (Å²) in [6.45, 7) is 2.24. The third kappa shape index (κ3) is 6.59. The van der Waals surface area contributed by atoms with Crippen LogP contribution in [0.2, 0.25) is 0 Å². The van der Waals surface area contributed by atoms with Gasteiger partial charge in [0.1, 0.15) is 0 Å². The number of nitrogens with one attached hydrogen (secondary N) is 1. The molecule has 35 heavy (non-hydrogen) atoms. The summed E-state index contributed by atoms with van der Waals surface area (Å²) in [5, 5.41) is 0. The van der Waals surface area contributed by atoms with Crippen molar-refractivity contribution >= 4 is 16.1 Å². The molecule has 0 radical (unpaired) electrons. The van der Waals surface area contributed by atoms with E-state index in [0.29, 0.717) is 31.4 Å². The fraction of sp³-hybridized carbons (Fsp3) is 0.739. The van der Waals surface area contributed by atoms with Crippen LogP contribution in [0.25, 0.3) is 0 Å². The molecule has 5 rings (SSSR count). The number of carbonyl (C=O) groups is 1. The van der Waals surface area contributed by atoms with E-state index in [1.54, 1.807) is 4.90 Å². The molecule has 1 aromatic rings. The molecule has 3 aliphatic heterocycles. The highest BCUT2D eigenvalue weighted by molar-refractivity contribution is 7.88. The molecule has 3 atom stereocenters. The van der Waals surface area contributed by atoms with Crippen LogP contribution in [0.1, 0.15) is 69.0 Å². The monoisotopic (exact) mass is 517 g/mol. The van der Waals surface area contributed by atoms with Gasteiger partial charge in [-0.1, -0.05) is 0 Å². The molecular weight excluding hydrogens is 484 g/mol. The standard InChI is InChI=1S/C23H33F2N3O6S/c1-14-10-19(27-35(2,30)31)20-13-34-17-6-4-15(5-7-17)18-11-16(22(24)25)12-21(26-18)32-8-3-9-33-23(29)28(14)20/h11-12,14-15,17,19-20,22,27H,3-10,13H2,1-2H3/t14-,15?,17?,19+,20+/m1/s1. The average Bonchev–Trinajstić information content (AvgIpc) is 3.09. The lowest BCUT2D eigenvalue weighted by Crippen LogP contribution is -2.50. The maximum atomic E-state index is 13.5. The molecule has 1 amide bonds. The van der Waals surface area contributed by atoms with Crippen molar-refractivity contribution in [1.82, 2.24) is 14.6 Å². The first-order chi connectivity index (χ1) is 16.6. The fourth-order valence-corrected chi connectivity index (χ4v) is 6.06. The molecule has 0 aromatic carbocycles. The SMILES string of the molecule is C[C@@H]1C[C@H](NS(C)(=O)=O)[C@@H]2COC3CCC(CC3)c3cc(C(F)F)cc(n3)OCCCOC(=O)N12. The second-order valence-electron chi connectivity index (χ2n) is 9.64. The van der Waals surface area contributed by atoms with Gasteiger partial charge in [-0.05, 0) is 45.1 Å². The van der Waals surface area contributed by atoms with Crippen LogP contribution in [0.15, 0.2) is 12.1 Å². The summed E-state index contributed by atoms with van der Waals surface area (Å²) in [6, 6.07) is 1.50. The van der Waals surface area contributed by atoms with Gasteiger partial charge in [0.15, 0.2) is 0 Å². The van der Waals surface area contributed by atoms with Crippen LogP contribution in [-0.2, 0) is 19.5 Å². The molecule has 1 N–H and O–H groups in total. The van der Waals surface area contributed by atoms with E-state index in [9.17, 15) is 22.0 Å². The van der Waals surface area contributed by atoms with Crippen molar-refractivity contribution in [3.8, 4) is 5.88 Å². The average molecular weight is 518 g/mol. The predicted octanol–water partition coefficient (Wildman–Crippen LogP) is 3.36. The number of rotatable bonds is 3. The van der Waals surface area contributed by atoms with Crippen molar-refractivity contribution in [3.63, 3.8) is 0 Å². The normalized spacial score (nSPS) is 30.5. The first kappa shape index (κ1) is 26.0. The molecule has 196 valence electrons. The Morgan fingerprint density at radius 1 is 1.14 bits per heavy atom. The fourth-order valence-electron chi connectivity index (χ4n) is 5.26. The molecule has 2 fully saturated rings. The minimum absolute atomic E-state index is 0.0270. The van der Waals surface area contributed by atoms with Gasteiger partial charge in [-0.25, -0.2) is 31.7 Å². The second kappa shape index (κ2) is 10.9. The van der Waals surface area contributed by atoms with Gasteiger partial charge in [-0.3, -0.25) is 4.90 Å². The number of halogens is 2. The molecule has 1 aromatic heterocycles. The summed E-state index contributed by atoms with van der Waals surface area (Å²) >= 11 is 0. The summed E-state index contributed by atoms with van der Waals surface area (Å²) < 4.78 is 70.7. The van der Waals surface area contributed by atoms with Crippen molar-refractivity contribution in [2.45, 2.75) is 82.0 Å². The van der Waals surface area contributed by atoms with Gasteiger partial charge in [0.2, 0.25) is 15.9 Å². The summed E-state index contributed by atoms with van der Waals surface area (Å²) in [5.41, 5.74) is 0.479. The number of carbonyl (C=O) groups excluding carboxylic acids is 1. The Balaban J connectivity index is 1.54. The number of pyridine rings is 1. The van der Waals surface area contributed by atoms with Crippen LogP contribution in [0.3, 0.4) is 0 Å². The Hall–Kier alpha value is -2.05. The Morgan fingerprint density at radius 2 is 1.86 bits per heavy atom. The van der Waals surface area contributed by atoms with Gasteiger partial charge < -0.3 is 14.2 Å². The number of amides is 1. The zero-order chi connectivity index (χ0) is 25.2. The van der Waals surface area contributed by atoms with Gasteiger partial charge in [0, 0.05) is 41.7 Å². The van der Waals surface area contributed by atoms with Crippen molar-refractivity contribution in [2.24, 2.45) is 0 Å². The Kier molecular flexibility index (Phi) is 8.12. The maximum Gasteiger partial charge on any atom is 0.410 e. The topological polar surface area (TPSA) is 107 Å². The van der Waals surface area contributed by atoms with Crippen LogP contribution in [0.5, 0.6) is 5.88 Å². The van der Waals surface area contributed by atoms with Gasteiger partial charge in [-0.2, -0.15) is 0 Å². The molecule has 9 nitrogen and oxygen atoms in total. The van der Waals surface area contributed by atoms with Crippen molar-refractivity contribution in [1.29, 1.82) is 0 Å². The van der Waals surface area contributed by atoms with Crippen LogP contribution in [0, 0.1) is 0 Å². The summed E-state index contributed by atoms with van der Waals surface area (Å²) in [7, 11) is -3.48. The number of nitrogens with zero attached hydrogens (tertiary/aromatic N) is 2. The molecule has 4 aliphatic rings. The van der Waals surface area contributed by atoms with Crippen LogP contribution >= 0.6 is 0 Å². The molecular formula is C23H33F2N3O6S. The largest absolute Gasteiger partial charge is 0.478 e. The highest BCUT2D eigenvalue weighted by atomic mass is 32.2. The van der Waals surface area contributed by atoms with Crippen LogP contribution in [0.4, 0.5) is 13.6 Å². The molecule has 0 unspecified atom stereocenters. The Morgan fingerprint density at radius 3 is 2.54 bits per heavy atom. The highest BCUT2D eigenvalue weighted by Crippen LogP contribution is 2.36. The second-order valence-corrected chi connectivity index (χ2v) is 11.4. The number of ether oxygens (including phenoxy) is 3. The lowest BCUT2D eigenvalue weighted by atomic mass is 9.84. The molecule has 1 aliphatic carbocycles. The van der Waals surface area contributed by atoms with Gasteiger partial charge in [0.25, 0.3) is 6.43 Å². The first-order valence-corrected chi connectivity index (χ1v) is 14.0. The zero-order valence-corrected chi connectivity index (χ0v) is 20.8. The number of aromatic nitrogens is 1. The van der Waals surface area contributed by atoms with E-state index in [1.165, 1.54) is 12.1 Å². The Bertz CT molecular complexity index is 1000. The molecule has 4 bridgehead atoms. The number of sulfonamides is 1. The van der Waals surface area contributed by atoms with E-state index in [4.69, 9.17) is 14.2 Å². The van der Waals surface area contributed by atoms with E-state index in [1.807, 2.05) is 6.92 Å². The zero-order valence-electron chi connectivity index (χ0n) is 20.0.